The van der Waals surface area contributed by atoms with Gasteiger partial charge in [-0.15, -0.1) is 0 Å². The predicted molar refractivity (Wildman–Crippen MR) is 77.3 cm³/mol. The Kier molecular flexibility index (Phi) is 4.04. The Morgan fingerprint density at radius 1 is 1.17 bits per heavy atom. The maximum Gasteiger partial charge on any atom is 0.342 e. The Labute approximate surface area is 127 Å². The Balaban J connectivity index is 2.99. The number of nitrogens with one attached hydrogen (secondary N) is 1. The van der Waals surface area contributed by atoms with Gasteiger partial charge >= 0.3 is 11.9 Å². The molecule has 0 aliphatic heterocycles. The van der Waals surface area contributed by atoms with Crippen molar-refractivity contribution >= 4 is 17.8 Å². The van der Waals surface area contributed by atoms with Gasteiger partial charge in [0.2, 0.25) is 0 Å². The molecule has 5 N–H and O–H groups in total. The van der Waals surface area contributed by atoms with Crippen LogP contribution in [-0.4, -0.2) is 34.2 Å². The summed E-state index contributed by atoms with van der Waals surface area (Å²) in [5.74, 6) is -4.56. The smallest absolute Gasteiger partial charge is 0.342 e. The van der Waals surface area contributed by atoms with Crippen LogP contribution in [0.1, 0.15) is 20.7 Å². The molecule has 0 atom stereocenters. The van der Waals surface area contributed by atoms with Crippen LogP contribution in [-0.2, 0) is 0 Å². The van der Waals surface area contributed by atoms with Crippen LogP contribution >= 0.6 is 0 Å². The first-order chi connectivity index (χ1) is 10.8. The van der Waals surface area contributed by atoms with E-state index in [2.05, 4.69) is 0 Å². The minimum Gasteiger partial charge on any atom is -0.497 e. The zero-order valence-corrected chi connectivity index (χ0v) is 11.7. The van der Waals surface area contributed by atoms with E-state index in [1.807, 2.05) is 4.98 Å². The summed E-state index contributed by atoms with van der Waals surface area (Å²) >= 11 is 0. The minimum atomic E-state index is -1.67. The molecule has 0 amide bonds. The maximum atomic E-state index is 13.7. The van der Waals surface area contributed by atoms with Crippen molar-refractivity contribution in [1.29, 1.82) is 0 Å². The highest BCUT2D eigenvalue weighted by molar-refractivity contribution is 6.07. The summed E-state index contributed by atoms with van der Waals surface area (Å²) in [6, 6.07) is 3.10. The third-order valence-electron chi connectivity index (χ3n) is 3.07. The number of benzene rings is 1. The van der Waals surface area contributed by atoms with E-state index < -0.39 is 45.8 Å². The molecular formula is C14H11FN2O6. The molecule has 8 nitrogen and oxygen atoms in total. The lowest BCUT2D eigenvalue weighted by Gasteiger charge is -2.13. The standard InChI is InChI=1S/C14H11FN2O6/c1-23-7-3-5(2-6(15)4-7)8-9(13(19)20)11(16)17-12(18)10(8)14(21)22/h2-4H,1H3,(H,19,20)(H,21,22)(H3,16,17,18). The van der Waals surface area contributed by atoms with Crippen molar-refractivity contribution in [2.75, 3.05) is 12.8 Å². The molecule has 120 valence electrons. The molecule has 2 rings (SSSR count). The summed E-state index contributed by atoms with van der Waals surface area (Å²) in [4.78, 5) is 36.6. The molecule has 1 heterocycles. The summed E-state index contributed by atoms with van der Waals surface area (Å²) < 4.78 is 18.5. The SMILES string of the molecule is COc1cc(F)cc(-c2c(C(=O)O)c(N)[nH]c(=O)c2C(=O)O)c1. The summed E-state index contributed by atoms with van der Waals surface area (Å²) in [6.45, 7) is 0. The van der Waals surface area contributed by atoms with Gasteiger partial charge in [0.15, 0.2) is 0 Å². The highest BCUT2D eigenvalue weighted by Crippen LogP contribution is 2.32. The molecule has 0 spiro atoms. The lowest BCUT2D eigenvalue weighted by atomic mass is 9.95. The number of H-pyrrole nitrogens is 1. The van der Waals surface area contributed by atoms with Gasteiger partial charge in [0.25, 0.3) is 5.56 Å². The van der Waals surface area contributed by atoms with Gasteiger partial charge in [-0.3, -0.25) is 4.79 Å². The average Bonchev–Trinajstić information content (AvgIpc) is 2.44. The van der Waals surface area contributed by atoms with Gasteiger partial charge in [-0.1, -0.05) is 0 Å². The van der Waals surface area contributed by atoms with Crippen molar-refractivity contribution in [1.82, 2.24) is 4.98 Å². The maximum absolute atomic E-state index is 13.7. The second kappa shape index (κ2) is 5.79. The number of carbonyl (C=O) groups is 2. The molecule has 1 aromatic carbocycles. The van der Waals surface area contributed by atoms with Gasteiger partial charge in [0.1, 0.15) is 28.5 Å². The first kappa shape index (κ1) is 16.0. The number of carboxylic acids is 2. The monoisotopic (exact) mass is 322 g/mol. The van der Waals surface area contributed by atoms with Gasteiger partial charge in [-0.25, -0.2) is 14.0 Å². The fourth-order valence-electron chi connectivity index (χ4n) is 2.16. The molecule has 0 aliphatic rings. The second-order valence-electron chi connectivity index (χ2n) is 4.48. The number of halogens is 1. The number of nitrogens with two attached hydrogens (primary N) is 1. The van der Waals surface area contributed by atoms with Crippen molar-refractivity contribution in [3.63, 3.8) is 0 Å². The number of anilines is 1. The molecule has 1 aromatic heterocycles. The van der Waals surface area contributed by atoms with Crippen LogP contribution in [0.2, 0.25) is 0 Å². The number of hydrogen-bond acceptors (Lipinski definition) is 5. The summed E-state index contributed by atoms with van der Waals surface area (Å²) in [5, 5.41) is 18.5. The molecule has 0 bridgehead atoms. The number of aromatic carboxylic acids is 2. The molecule has 0 saturated heterocycles. The van der Waals surface area contributed by atoms with E-state index in [1.54, 1.807) is 0 Å². The topological polar surface area (TPSA) is 143 Å². The largest absolute Gasteiger partial charge is 0.497 e. The number of hydrogen-bond donors (Lipinski definition) is 4. The highest BCUT2D eigenvalue weighted by Gasteiger charge is 2.27. The molecular weight excluding hydrogens is 311 g/mol. The Hall–Kier alpha value is -3.36. The molecule has 0 saturated carbocycles. The van der Waals surface area contributed by atoms with E-state index >= 15 is 0 Å². The number of aromatic amines is 1. The number of ether oxygens (including phenoxy) is 1. The van der Waals surface area contributed by atoms with Crippen molar-refractivity contribution < 1.29 is 28.9 Å². The van der Waals surface area contributed by atoms with Crippen LogP contribution in [0.4, 0.5) is 10.2 Å². The van der Waals surface area contributed by atoms with Crippen LogP contribution in [0, 0.1) is 5.82 Å². The summed E-state index contributed by atoms with van der Waals surface area (Å²) in [6.07, 6.45) is 0. The van der Waals surface area contributed by atoms with Gasteiger partial charge in [0, 0.05) is 11.6 Å². The second-order valence-corrected chi connectivity index (χ2v) is 4.48. The quantitative estimate of drug-likeness (QED) is 0.661. The van der Waals surface area contributed by atoms with Crippen LogP contribution in [0.5, 0.6) is 5.75 Å². The molecule has 9 heteroatoms. The highest BCUT2D eigenvalue weighted by atomic mass is 19.1. The van der Waals surface area contributed by atoms with Gasteiger partial charge in [-0.2, -0.15) is 0 Å². The lowest BCUT2D eigenvalue weighted by Crippen LogP contribution is -2.24. The van der Waals surface area contributed by atoms with Gasteiger partial charge in [0.05, 0.1) is 7.11 Å². The van der Waals surface area contributed by atoms with Crippen molar-refractivity contribution in [2.24, 2.45) is 0 Å². The molecule has 0 radical (unpaired) electrons. The normalized spacial score (nSPS) is 10.3. The van der Waals surface area contributed by atoms with Crippen molar-refractivity contribution in [2.45, 2.75) is 0 Å². The molecule has 0 unspecified atom stereocenters. The summed E-state index contributed by atoms with van der Waals surface area (Å²) in [5.41, 5.74) is 2.23. The van der Waals surface area contributed by atoms with Gasteiger partial charge in [-0.05, 0) is 17.7 Å². The van der Waals surface area contributed by atoms with E-state index in [4.69, 9.17) is 10.5 Å². The molecule has 0 fully saturated rings. The first-order valence-electron chi connectivity index (χ1n) is 6.13. The average molecular weight is 322 g/mol. The lowest BCUT2D eigenvalue weighted by molar-refractivity contribution is 0.0695. The molecule has 0 aliphatic carbocycles. The minimum absolute atomic E-state index is 0.0199. The van der Waals surface area contributed by atoms with Crippen molar-refractivity contribution in [3.05, 3.63) is 45.5 Å². The fraction of sp³-hybridized carbons (Fsp3) is 0.0714. The third-order valence-corrected chi connectivity index (χ3v) is 3.07. The van der Waals surface area contributed by atoms with E-state index in [-0.39, 0.29) is 11.3 Å². The Bertz CT molecular complexity index is 874. The van der Waals surface area contributed by atoms with E-state index in [0.717, 1.165) is 12.1 Å². The number of carboxylic acid groups (broad SMARTS) is 2. The fourth-order valence-corrected chi connectivity index (χ4v) is 2.16. The van der Waals surface area contributed by atoms with E-state index in [9.17, 15) is 29.0 Å². The molecule has 23 heavy (non-hydrogen) atoms. The van der Waals surface area contributed by atoms with Gasteiger partial charge < -0.3 is 25.7 Å². The Morgan fingerprint density at radius 3 is 2.30 bits per heavy atom. The van der Waals surface area contributed by atoms with E-state index in [0.29, 0.717) is 0 Å². The Morgan fingerprint density at radius 2 is 1.78 bits per heavy atom. The third kappa shape index (κ3) is 2.84. The number of nitrogen functional groups attached to an aromatic ring is 1. The van der Waals surface area contributed by atoms with Crippen LogP contribution < -0.4 is 16.0 Å². The van der Waals surface area contributed by atoms with Crippen LogP contribution in [0.15, 0.2) is 23.0 Å². The summed E-state index contributed by atoms with van der Waals surface area (Å²) in [7, 11) is 1.25. The van der Waals surface area contributed by atoms with E-state index in [1.165, 1.54) is 13.2 Å². The van der Waals surface area contributed by atoms with Crippen molar-refractivity contribution in [3.8, 4) is 16.9 Å². The van der Waals surface area contributed by atoms with Crippen LogP contribution in [0.25, 0.3) is 11.1 Å². The molecule has 2 aromatic rings. The number of rotatable bonds is 4. The number of aromatic nitrogens is 1. The number of pyridine rings is 1. The van der Waals surface area contributed by atoms with Crippen LogP contribution in [0.3, 0.4) is 0 Å². The zero-order chi connectivity index (χ0) is 17.3. The zero-order valence-electron chi connectivity index (χ0n) is 11.7. The first-order valence-corrected chi connectivity index (χ1v) is 6.13. The number of methoxy groups -OCH3 is 1. The predicted octanol–water partition coefficient (Wildman–Crippen LogP) is 1.17.